The number of aryl methyl sites for hydroxylation is 2. The molecule has 0 unspecified atom stereocenters. The normalized spacial score (nSPS) is 10.6. The molecule has 1 heterocycles. The van der Waals surface area contributed by atoms with Gasteiger partial charge in [-0.25, -0.2) is 0 Å². The molecule has 0 saturated carbocycles. The van der Waals surface area contributed by atoms with E-state index in [9.17, 15) is 0 Å². The molecule has 1 aromatic heterocycles. The summed E-state index contributed by atoms with van der Waals surface area (Å²) >= 11 is 6.95. The van der Waals surface area contributed by atoms with Gasteiger partial charge in [0.2, 0.25) is 0 Å². The highest BCUT2D eigenvalue weighted by Gasteiger charge is 2.13. The van der Waals surface area contributed by atoms with E-state index in [-0.39, 0.29) is 0 Å². The van der Waals surface area contributed by atoms with Crippen LogP contribution in [0.15, 0.2) is 29.3 Å². The summed E-state index contributed by atoms with van der Waals surface area (Å²) in [6.07, 6.45) is 1.94. The van der Waals surface area contributed by atoms with Crippen LogP contribution in [0.25, 0.3) is 0 Å². The second-order valence-corrected chi connectivity index (χ2v) is 6.15. The molecule has 0 bridgehead atoms. The topological polar surface area (TPSA) is 55.9 Å². The Balaban J connectivity index is 2.43. The molecule has 20 heavy (non-hydrogen) atoms. The Labute approximate surface area is 128 Å². The van der Waals surface area contributed by atoms with Crippen molar-refractivity contribution in [1.82, 2.24) is 9.78 Å². The van der Waals surface area contributed by atoms with Gasteiger partial charge in [-0.3, -0.25) is 4.68 Å². The van der Waals surface area contributed by atoms with E-state index in [0.29, 0.717) is 4.99 Å². The quantitative estimate of drug-likeness (QED) is 0.656. The number of thioether (sulfide) groups is 1. The minimum absolute atomic E-state index is 0.408. The average Bonchev–Trinajstić information content (AvgIpc) is 2.68. The predicted octanol–water partition coefficient (Wildman–Crippen LogP) is 3.22. The molecule has 6 heteroatoms. The van der Waals surface area contributed by atoms with Crippen LogP contribution in [-0.4, -0.2) is 20.5 Å². The number of rotatable bonds is 5. The summed E-state index contributed by atoms with van der Waals surface area (Å²) in [7, 11) is 1.90. The third-order valence-corrected chi connectivity index (χ3v) is 4.00. The van der Waals surface area contributed by atoms with Crippen LogP contribution in [0.4, 0.5) is 11.4 Å². The van der Waals surface area contributed by atoms with Gasteiger partial charge in [-0.05, 0) is 24.8 Å². The van der Waals surface area contributed by atoms with E-state index in [1.54, 1.807) is 16.4 Å². The van der Waals surface area contributed by atoms with Crippen LogP contribution in [0.2, 0.25) is 0 Å². The van der Waals surface area contributed by atoms with E-state index >= 15 is 0 Å². The second-order valence-electron chi connectivity index (χ2n) is 4.40. The fraction of sp³-hybridized carbons (Fsp3) is 0.286. The molecule has 0 radical (unpaired) electrons. The molecule has 3 N–H and O–H groups in total. The molecular weight excluding hydrogens is 288 g/mol. The summed E-state index contributed by atoms with van der Waals surface area (Å²) in [4.78, 5) is 1.51. The highest BCUT2D eigenvalue weighted by molar-refractivity contribution is 7.99. The highest BCUT2D eigenvalue weighted by atomic mass is 32.2. The monoisotopic (exact) mass is 306 g/mol. The maximum atomic E-state index is 5.90. The Morgan fingerprint density at radius 1 is 1.45 bits per heavy atom. The van der Waals surface area contributed by atoms with Gasteiger partial charge < -0.3 is 11.1 Å². The number of hydrogen-bond donors (Lipinski definition) is 2. The molecule has 4 nitrogen and oxygen atoms in total. The van der Waals surface area contributed by atoms with Gasteiger partial charge in [-0.15, -0.1) is 11.8 Å². The molecule has 0 saturated heterocycles. The summed E-state index contributed by atoms with van der Waals surface area (Å²) in [6, 6.07) is 6.04. The maximum Gasteiger partial charge on any atom is 0.107 e. The SMILES string of the molecule is CCSc1cccc(Nc2cn(C)nc2C)c1C(N)=S. The summed E-state index contributed by atoms with van der Waals surface area (Å²) in [6.45, 7) is 4.08. The number of nitrogens with one attached hydrogen (secondary N) is 1. The lowest BCUT2D eigenvalue weighted by atomic mass is 10.1. The summed E-state index contributed by atoms with van der Waals surface area (Å²) in [5.41, 5.74) is 9.63. The van der Waals surface area contributed by atoms with Crippen LogP contribution >= 0.6 is 24.0 Å². The van der Waals surface area contributed by atoms with Crippen molar-refractivity contribution in [3.05, 3.63) is 35.7 Å². The van der Waals surface area contributed by atoms with Crippen LogP contribution in [0.1, 0.15) is 18.2 Å². The van der Waals surface area contributed by atoms with Crippen LogP contribution in [-0.2, 0) is 7.05 Å². The van der Waals surface area contributed by atoms with Crippen LogP contribution in [0.5, 0.6) is 0 Å². The molecule has 0 amide bonds. The Morgan fingerprint density at radius 3 is 2.75 bits per heavy atom. The van der Waals surface area contributed by atoms with E-state index in [2.05, 4.69) is 17.3 Å². The molecule has 1 aromatic carbocycles. The van der Waals surface area contributed by atoms with Gasteiger partial charge in [0.15, 0.2) is 0 Å². The third kappa shape index (κ3) is 3.13. The van der Waals surface area contributed by atoms with Gasteiger partial charge in [-0.1, -0.05) is 25.2 Å². The van der Waals surface area contributed by atoms with Crippen molar-refractivity contribution < 1.29 is 0 Å². The number of nitrogens with zero attached hydrogens (tertiary/aromatic N) is 2. The summed E-state index contributed by atoms with van der Waals surface area (Å²) in [5.74, 6) is 0.977. The lowest BCUT2D eigenvalue weighted by molar-refractivity contribution is 0.756. The van der Waals surface area contributed by atoms with Crippen molar-refractivity contribution in [2.45, 2.75) is 18.7 Å². The Kier molecular flexibility index (Phi) is 4.67. The van der Waals surface area contributed by atoms with Crippen molar-refractivity contribution in [3.63, 3.8) is 0 Å². The predicted molar refractivity (Wildman–Crippen MR) is 90.0 cm³/mol. The van der Waals surface area contributed by atoms with E-state index < -0.39 is 0 Å². The lowest BCUT2D eigenvalue weighted by Crippen LogP contribution is -2.13. The number of nitrogens with two attached hydrogens (primary N) is 1. The third-order valence-electron chi connectivity index (χ3n) is 2.86. The van der Waals surface area contributed by atoms with Crippen molar-refractivity contribution >= 4 is 40.3 Å². The minimum Gasteiger partial charge on any atom is -0.389 e. The second kappa shape index (κ2) is 6.28. The molecule has 2 rings (SSSR count). The zero-order valence-electron chi connectivity index (χ0n) is 11.8. The number of hydrogen-bond acceptors (Lipinski definition) is 4. The molecule has 106 valence electrons. The van der Waals surface area contributed by atoms with Crippen molar-refractivity contribution in [2.75, 3.05) is 11.1 Å². The largest absolute Gasteiger partial charge is 0.389 e. The molecule has 0 aliphatic heterocycles. The van der Waals surface area contributed by atoms with E-state index in [4.69, 9.17) is 18.0 Å². The zero-order chi connectivity index (χ0) is 14.7. The first-order valence-electron chi connectivity index (χ1n) is 6.35. The van der Waals surface area contributed by atoms with Crippen LogP contribution in [0.3, 0.4) is 0 Å². The van der Waals surface area contributed by atoms with Crippen LogP contribution < -0.4 is 11.1 Å². The van der Waals surface area contributed by atoms with Gasteiger partial charge in [0, 0.05) is 29.4 Å². The van der Waals surface area contributed by atoms with Crippen molar-refractivity contribution in [2.24, 2.45) is 12.8 Å². The van der Waals surface area contributed by atoms with Gasteiger partial charge in [0.05, 0.1) is 11.4 Å². The lowest BCUT2D eigenvalue weighted by Gasteiger charge is -2.14. The first-order chi connectivity index (χ1) is 9.52. The van der Waals surface area contributed by atoms with E-state index in [0.717, 1.165) is 33.3 Å². The fourth-order valence-electron chi connectivity index (χ4n) is 2.03. The van der Waals surface area contributed by atoms with Gasteiger partial charge >= 0.3 is 0 Å². The number of aromatic nitrogens is 2. The van der Waals surface area contributed by atoms with Crippen molar-refractivity contribution in [1.29, 1.82) is 0 Å². The standard InChI is InChI=1S/C14H18N4S2/c1-4-20-12-7-5-6-10(13(12)14(15)19)16-11-8-18(3)17-9(11)2/h5-8,16H,4H2,1-3H3,(H2,15,19). The van der Waals surface area contributed by atoms with Gasteiger partial charge in [0.25, 0.3) is 0 Å². The zero-order valence-corrected chi connectivity index (χ0v) is 13.4. The van der Waals surface area contributed by atoms with Crippen LogP contribution in [0, 0.1) is 6.92 Å². The number of thiocarbonyl (C=S) groups is 1. The molecule has 0 atom stereocenters. The molecule has 0 aliphatic rings. The van der Waals surface area contributed by atoms with Gasteiger partial charge in [0.1, 0.15) is 4.99 Å². The Bertz CT molecular complexity index is 634. The maximum absolute atomic E-state index is 5.90. The van der Waals surface area contributed by atoms with Gasteiger partial charge in [-0.2, -0.15) is 5.10 Å². The Hall–Kier alpha value is -1.53. The first-order valence-corrected chi connectivity index (χ1v) is 7.75. The number of benzene rings is 1. The number of anilines is 2. The highest BCUT2D eigenvalue weighted by Crippen LogP contribution is 2.31. The van der Waals surface area contributed by atoms with E-state index in [1.807, 2.05) is 38.4 Å². The average molecular weight is 306 g/mol. The summed E-state index contributed by atoms with van der Waals surface area (Å²) < 4.78 is 1.78. The molecule has 0 fully saturated rings. The van der Waals surface area contributed by atoms with E-state index in [1.165, 1.54) is 0 Å². The smallest absolute Gasteiger partial charge is 0.107 e. The van der Waals surface area contributed by atoms with Crippen molar-refractivity contribution in [3.8, 4) is 0 Å². The first kappa shape index (κ1) is 14.9. The molecular formula is C14H18N4S2. The Morgan fingerprint density at radius 2 is 2.20 bits per heavy atom. The molecule has 0 spiro atoms. The summed E-state index contributed by atoms with van der Waals surface area (Å²) in [5, 5.41) is 7.70. The molecule has 0 aliphatic carbocycles. The minimum atomic E-state index is 0.408. The fourth-order valence-corrected chi connectivity index (χ4v) is 3.17. The molecule has 2 aromatic rings.